The van der Waals surface area contributed by atoms with Crippen LogP contribution in [-0.2, 0) is 9.59 Å². The Bertz CT molecular complexity index is 173. The molecule has 0 aromatic carbocycles. The molecule has 0 aliphatic heterocycles. The van der Waals surface area contributed by atoms with Crippen LogP contribution in [0.15, 0.2) is 0 Å². The van der Waals surface area contributed by atoms with E-state index in [4.69, 9.17) is 5.11 Å². The number of hydrogen-bond donors (Lipinski definition) is 1. The van der Waals surface area contributed by atoms with Crippen molar-refractivity contribution in [1.29, 1.82) is 0 Å². The van der Waals surface area contributed by atoms with Crippen molar-refractivity contribution < 1.29 is 14.7 Å². The predicted octanol–water partition coefficient (Wildman–Crippen LogP) is 1.71. The lowest BCUT2D eigenvalue weighted by molar-refractivity contribution is -0.143. The van der Waals surface area contributed by atoms with Gasteiger partial charge in [0.05, 0.1) is 5.92 Å². The molecule has 0 spiro atoms. The Morgan fingerprint density at radius 2 is 1.83 bits per heavy atom. The van der Waals surface area contributed by atoms with Crippen LogP contribution in [-0.4, -0.2) is 16.9 Å². The van der Waals surface area contributed by atoms with Crippen LogP contribution in [0.4, 0.5) is 0 Å². The van der Waals surface area contributed by atoms with Crippen molar-refractivity contribution in [2.24, 2.45) is 11.8 Å². The van der Waals surface area contributed by atoms with E-state index < -0.39 is 5.97 Å². The second-order valence-corrected chi connectivity index (χ2v) is 3.43. The summed E-state index contributed by atoms with van der Waals surface area (Å²) in [7, 11) is 0. The van der Waals surface area contributed by atoms with Crippen LogP contribution in [0.25, 0.3) is 0 Å². The second kappa shape index (κ2) is 4.91. The van der Waals surface area contributed by atoms with Gasteiger partial charge in [-0.1, -0.05) is 13.8 Å². The number of Topliss-reactive ketones (excluding diaryl/α,β-unsaturated/α-hetero) is 1. The standard InChI is InChI=1S/C9H16O3/c1-6(2)8(9(11)12)5-4-7(3)10/h6,8H,4-5H2,1-3H3,(H,11,12). The topological polar surface area (TPSA) is 54.4 Å². The number of hydrogen-bond acceptors (Lipinski definition) is 2. The van der Waals surface area contributed by atoms with E-state index in [-0.39, 0.29) is 17.6 Å². The van der Waals surface area contributed by atoms with Gasteiger partial charge in [-0.25, -0.2) is 0 Å². The van der Waals surface area contributed by atoms with Gasteiger partial charge in [-0.05, 0) is 19.3 Å². The van der Waals surface area contributed by atoms with Crippen molar-refractivity contribution in [3.05, 3.63) is 0 Å². The fourth-order valence-corrected chi connectivity index (χ4v) is 1.10. The van der Waals surface area contributed by atoms with Gasteiger partial charge >= 0.3 is 5.97 Å². The molecule has 0 aliphatic carbocycles. The molecule has 0 bridgehead atoms. The lowest BCUT2D eigenvalue weighted by Gasteiger charge is -2.14. The van der Waals surface area contributed by atoms with Gasteiger partial charge in [-0.3, -0.25) is 4.79 Å². The molecule has 0 aromatic heterocycles. The minimum atomic E-state index is -0.800. The molecule has 0 aromatic rings. The van der Waals surface area contributed by atoms with E-state index in [9.17, 15) is 9.59 Å². The third-order valence-corrected chi connectivity index (χ3v) is 1.93. The van der Waals surface area contributed by atoms with Crippen LogP contribution in [0.3, 0.4) is 0 Å². The number of aliphatic carboxylic acids is 1. The van der Waals surface area contributed by atoms with Crippen LogP contribution < -0.4 is 0 Å². The third-order valence-electron chi connectivity index (χ3n) is 1.93. The molecule has 0 radical (unpaired) electrons. The first-order valence-electron chi connectivity index (χ1n) is 4.17. The molecule has 12 heavy (non-hydrogen) atoms. The van der Waals surface area contributed by atoms with Gasteiger partial charge in [-0.15, -0.1) is 0 Å². The van der Waals surface area contributed by atoms with Crippen molar-refractivity contribution in [3.63, 3.8) is 0 Å². The number of rotatable bonds is 5. The van der Waals surface area contributed by atoms with Gasteiger partial charge in [0.2, 0.25) is 0 Å². The molecular weight excluding hydrogens is 156 g/mol. The molecule has 0 amide bonds. The molecule has 0 saturated heterocycles. The van der Waals surface area contributed by atoms with Crippen molar-refractivity contribution in [1.82, 2.24) is 0 Å². The van der Waals surface area contributed by atoms with Crippen LogP contribution in [0.2, 0.25) is 0 Å². The van der Waals surface area contributed by atoms with Gasteiger partial charge < -0.3 is 9.90 Å². The average molecular weight is 172 g/mol. The highest BCUT2D eigenvalue weighted by Gasteiger charge is 2.21. The molecule has 0 aliphatic rings. The summed E-state index contributed by atoms with van der Waals surface area (Å²) in [6.07, 6.45) is 0.831. The number of carbonyl (C=O) groups excluding carboxylic acids is 1. The maximum atomic E-state index is 10.6. The fraction of sp³-hybridized carbons (Fsp3) is 0.778. The van der Waals surface area contributed by atoms with Gasteiger partial charge in [0.15, 0.2) is 0 Å². The molecule has 0 heterocycles. The van der Waals surface area contributed by atoms with Gasteiger partial charge in [-0.2, -0.15) is 0 Å². The Balaban J connectivity index is 3.97. The number of carboxylic acids is 1. The smallest absolute Gasteiger partial charge is 0.306 e. The molecule has 70 valence electrons. The van der Waals surface area contributed by atoms with Crippen LogP contribution >= 0.6 is 0 Å². The molecule has 0 fully saturated rings. The molecule has 0 saturated carbocycles. The number of carboxylic acid groups (broad SMARTS) is 1. The summed E-state index contributed by atoms with van der Waals surface area (Å²) in [5, 5.41) is 8.75. The van der Waals surface area contributed by atoms with E-state index in [2.05, 4.69) is 0 Å². The first-order chi connectivity index (χ1) is 5.45. The van der Waals surface area contributed by atoms with E-state index in [1.54, 1.807) is 0 Å². The van der Waals surface area contributed by atoms with Crippen molar-refractivity contribution in [2.45, 2.75) is 33.6 Å². The normalized spacial score (nSPS) is 13.0. The summed E-state index contributed by atoms with van der Waals surface area (Å²) in [4.78, 5) is 21.2. The Kier molecular flexibility index (Phi) is 4.55. The van der Waals surface area contributed by atoms with Gasteiger partial charge in [0.1, 0.15) is 5.78 Å². The number of carbonyl (C=O) groups is 2. The average Bonchev–Trinajstić information content (AvgIpc) is 1.84. The first-order valence-corrected chi connectivity index (χ1v) is 4.17. The molecule has 0 rings (SSSR count). The van der Waals surface area contributed by atoms with Gasteiger partial charge in [0, 0.05) is 6.42 Å². The first kappa shape index (κ1) is 11.1. The lowest BCUT2D eigenvalue weighted by Crippen LogP contribution is -2.20. The number of ketones is 1. The molecule has 3 nitrogen and oxygen atoms in total. The zero-order valence-electron chi connectivity index (χ0n) is 7.83. The van der Waals surface area contributed by atoms with Crippen molar-refractivity contribution in [2.75, 3.05) is 0 Å². The SMILES string of the molecule is CC(=O)CCC(C(=O)O)C(C)C. The largest absolute Gasteiger partial charge is 0.481 e. The van der Waals surface area contributed by atoms with Crippen molar-refractivity contribution >= 4 is 11.8 Å². The summed E-state index contributed by atoms with van der Waals surface area (Å²) < 4.78 is 0. The summed E-state index contributed by atoms with van der Waals surface area (Å²) >= 11 is 0. The van der Waals surface area contributed by atoms with Gasteiger partial charge in [0.25, 0.3) is 0 Å². The van der Waals surface area contributed by atoms with Crippen molar-refractivity contribution in [3.8, 4) is 0 Å². The molecule has 1 N–H and O–H groups in total. The maximum absolute atomic E-state index is 10.6. The quantitative estimate of drug-likeness (QED) is 0.686. The van der Waals surface area contributed by atoms with Crippen LogP contribution in [0, 0.1) is 11.8 Å². The van der Waals surface area contributed by atoms with E-state index in [1.165, 1.54) is 6.92 Å². The highest BCUT2D eigenvalue weighted by atomic mass is 16.4. The van der Waals surface area contributed by atoms with E-state index in [0.717, 1.165) is 0 Å². The minimum absolute atomic E-state index is 0.0573. The minimum Gasteiger partial charge on any atom is -0.481 e. The molecule has 1 atom stereocenters. The highest BCUT2D eigenvalue weighted by Crippen LogP contribution is 2.17. The third kappa shape index (κ3) is 4.11. The fourth-order valence-electron chi connectivity index (χ4n) is 1.10. The van der Waals surface area contributed by atoms with E-state index in [0.29, 0.717) is 12.8 Å². The summed E-state index contributed by atoms with van der Waals surface area (Å²) in [6, 6.07) is 0. The monoisotopic (exact) mass is 172 g/mol. The predicted molar refractivity (Wildman–Crippen MR) is 45.9 cm³/mol. The summed E-state index contributed by atoms with van der Waals surface area (Å²) in [6.45, 7) is 5.21. The molecular formula is C9H16O3. The zero-order valence-corrected chi connectivity index (χ0v) is 7.83. The zero-order chi connectivity index (χ0) is 9.72. The Morgan fingerprint density at radius 3 is 2.08 bits per heavy atom. The molecule has 3 heteroatoms. The van der Waals surface area contributed by atoms with E-state index >= 15 is 0 Å². The van der Waals surface area contributed by atoms with Crippen LogP contribution in [0.5, 0.6) is 0 Å². The summed E-state index contributed by atoms with van der Waals surface area (Å²) in [5.74, 6) is -1.02. The maximum Gasteiger partial charge on any atom is 0.306 e. The molecule has 1 unspecified atom stereocenters. The summed E-state index contributed by atoms with van der Waals surface area (Å²) in [5.41, 5.74) is 0. The highest BCUT2D eigenvalue weighted by molar-refractivity contribution is 5.77. The van der Waals surface area contributed by atoms with Crippen LogP contribution in [0.1, 0.15) is 33.6 Å². The Morgan fingerprint density at radius 1 is 1.33 bits per heavy atom. The lowest BCUT2D eigenvalue weighted by atomic mass is 9.91. The second-order valence-electron chi connectivity index (χ2n) is 3.43. The Hall–Kier alpha value is -0.860. The Labute approximate surface area is 72.8 Å². The van der Waals surface area contributed by atoms with E-state index in [1.807, 2.05) is 13.8 Å².